The molecule has 0 saturated carbocycles. The second-order valence-corrected chi connectivity index (χ2v) is 4.71. The Morgan fingerprint density at radius 3 is 2.78 bits per heavy atom. The Morgan fingerprint density at radius 1 is 1.33 bits per heavy atom. The van der Waals surface area contributed by atoms with Crippen molar-refractivity contribution in [2.24, 2.45) is 5.41 Å². The monoisotopic (exact) mass is 268 g/mol. The molecule has 98 valence electrons. The third-order valence-electron chi connectivity index (χ3n) is 3.50. The number of alkyl halides is 1. The first kappa shape index (κ1) is 13.0. The van der Waals surface area contributed by atoms with Crippen LogP contribution < -0.4 is 5.32 Å². The molecule has 1 N–H and O–H groups in total. The normalized spacial score (nSPS) is 11.9. The van der Waals surface area contributed by atoms with Gasteiger partial charge >= 0.3 is 0 Å². The van der Waals surface area contributed by atoms with E-state index in [0.29, 0.717) is 11.5 Å². The summed E-state index contributed by atoms with van der Waals surface area (Å²) in [5, 5.41) is 18.7. The maximum absolute atomic E-state index is 6.07. The molecule has 18 heavy (non-hydrogen) atoms. The van der Waals surface area contributed by atoms with Crippen LogP contribution in [0, 0.1) is 5.41 Å². The van der Waals surface area contributed by atoms with Gasteiger partial charge in [0.05, 0.1) is 0 Å². The van der Waals surface area contributed by atoms with Crippen molar-refractivity contribution in [2.45, 2.75) is 26.7 Å². The molecular weight excluding hydrogens is 252 g/mol. The second kappa shape index (κ2) is 5.48. The number of fused-ring (bicyclic) bond motifs is 1. The van der Waals surface area contributed by atoms with E-state index in [1.165, 1.54) is 4.63 Å². The Kier molecular flexibility index (Phi) is 3.96. The van der Waals surface area contributed by atoms with Gasteiger partial charge in [0.2, 0.25) is 0 Å². The van der Waals surface area contributed by atoms with Gasteiger partial charge in [-0.3, -0.25) is 0 Å². The zero-order valence-electron chi connectivity index (χ0n) is 10.6. The van der Waals surface area contributed by atoms with Crippen LogP contribution in [0.2, 0.25) is 0 Å². The minimum absolute atomic E-state index is 0.110. The third kappa shape index (κ3) is 2.53. The van der Waals surface area contributed by atoms with Crippen molar-refractivity contribution >= 4 is 23.1 Å². The molecule has 7 heteroatoms. The molecule has 0 aliphatic carbocycles. The molecule has 0 radical (unpaired) electrons. The van der Waals surface area contributed by atoms with Crippen LogP contribution >= 0.6 is 11.6 Å². The number of anilines is 1. The summed E-state index contributed by atoms with van der Waals surface area (Å²) in [7, 11) is 0. The molecule has 2 aromatic rings. The summed E-state index contributed by atoms with van der Waals surface area (Å²) in [5.41, 5.74) is 0.744. The summed E-state index contributed by atoms with van der Waals surface area (Å²) in [5.74, 6) is 1.39. The molecule has 0 spiro atoms. The van der Waals surface area contributed by atoms with Gasteiger partial charge in [-0.25, -0.2) is 0 Å². The van der Waals surface area contributed by atoms with E-state index in [9.17, 15) is 0 Å². The molecule has 0 amide bonds. The zero-order valence-corrected chi connectivity index (χ0v) is 11.4. The van der Waals surface area contributed by atoms with Gasteiger partial charge in [-0.05, 0) is 35.4 Å². The first-order chi connectivity index (χ1) is 8.73. The van der Waals surface area contributed by atoms with E-state index in [2.05, 4.69) is 39.8 Å². The minimum atomic E-state index is 0.110. The maximum atomic E-state index is 6.07. The number of halogens is 1. The minimum Gasteiger partial charge on any atom is -0.368 e. The Labute approximate surface area is 111 Å². The van der Waals surface area contributed by atoms with Crippen molar-refractivity contribution in [1.82, 2.24) is 25.3 Å². The van der Waals surface area contributed by atoms with E-state index in [4.69, 9.17) is 11.6 Å². The quantitative estimate of drug-likeness (QED) is 0.812. The summed E-state index contributed by atoms with van der Waals surface area (Å²) in [6, 6.07) is 3.70. The molecule has 0 unspecified atom stereocenters. The van der Waals surface area contributed by atoms with Crippen LogP contribution in [-0.2, 0) is 0 Å². The highest BCUT2D eigenvalue weighted by molar-refractivity contribution is 6.18. The van der Waals surface area contributed by atoms with Crippen molar-refractivity contribution in [1.29, 1.82) is 0 Å². The van der Waals surface area contributed by atoms with Crippen molar-refractivity contribution in [3.8, 4) is 0 Å². The highest BCUT2D eigenvalue weighted by Crippen LogP contribution is 2.28. The van der Waals surface area contributed by atoms with Gasteiger partial charge in [0.25, 0.3) is 0 Å². The number of nitrogens with zero attached hydrogens (tertiary/aromatic N) is 5. The zero-order chi connectivity index (χ0) is 13.0. The van der Waals surface area contributed by atoms with Crippen molar-refractivity contribution in [3.63, 3.8) is 0 Å². The average Bonchev–Trinajstić information content (AvgIpc) is 2.88. The largest absolute Gasteiger partial charge is 0.368 e. The third-order valence-corrected chi connectivity index (χ3v) is 4.06. The summed E-state index contributed by atoms with van der Waals surface area (Å²) in [6.45, 7) is 5.11. The lowest BCUT2D eigenvalue weighted by atomic mass is 9.84. The molecule has 6 nitrogen and oxygen atoms in total. The number of aromatic nitrogens is 5. The number of hydrogen-bond acceptors (Lipinski definition) is 5. The van der Waals surface area contributed by atoms with Crippen LogP contribution in [0.15, 0.2) is 12.1 Å². The van der Waals surface area contributed by atoms with Gasteiger partial charge in [-0.15, -0.1) is 26.4 Å². The number of nitrogens with one attached hydrogen (secondary N) is 1. The Hall–Kier alpha value is -1.43. The van der Waals surface area contributed by atoms with Gasteiger partial charge in [0, 0.05) is 17.8 Å². The summed E-state index contributed by atoms with van der Waals surface area (Å²) in [6.07, 6.45) is 2.07. The number of rotatable bonds is 6. The lowest BCUT2D eigenvalue weighted by molar-refractivity contribution is 0.326. The van der Waals surface area contributed by atoms with Crippen LogP contribution in [0.3, 0.4) is 0 Å². The van der Waals surface area contributed by atoms with Crippen LogP contribution in [0.1, 0.15) is 26.7 Å². The van der Waals surface area contributed by atoms with Crippen molar-refractivity contribution in [3.05, 3.63) is 12.1 Å². The molecule has 0 bridgehead atoms. The van der Waals surface area contributed by atoms with E-state index in [1.54, 1.807) is 0 Å². The van der Waals surface area contributed by atoms with E-state index in [1.807, 2.05) is 12.1 Å². The van der Waals surface area contributed by atoms with Gasteiger partial charge in [0.1, 0.15) is 5.82 Å². The molecule has 2 rings (SSSR count). The lowest BCUT2D eigenvalue weighted by Crippen LogP contribution is -2.30. The molecule has 0 atom stereocenters. The van der Waals surface area contributed by atoms with E-state index in [-0.39, 0.29) is 5.41 Å². The topological polar surface area (TPSA) is 68.0 Å². The molecule has 0 aliphatic heterocycles. The van der Waals surface area contributed by atoms with E-state index in [0.717, 1.165) is 25.2 Å². The van der Waals surface area contributed by atoms with Gasteiger partial charge in [-0.1, -0.05) is 13.8 Å². The number of tetrazole rings is 1. The predicted octanol–water partition coefficient (Wildman–Crippen LogP) is 1.98. The van der Waals surface area contributed by atoms with Crippen LogP contribution in [-0.4, -0.2) is 37.7 Å². The SMILES string of the molecule is CCC(CC)(CCl)CNc1ccc2nnnn2n1. The fourth-order valence-corrected chi connectivity index (χ4v) is 2.23. The fraction of sp³-hybridized carbons (Fsp3) is 0.636. The van der Waals surface area contributed by atoms with Crippen LogP contribution in [0.4, 0.5) is 5.82 Å². The fourth-order valence-electron chi connectivity index (χ4n) is 1.76. The molecule has 2 aromatic heterocycles. The molecule has 0 aromatic carbocycles. The van der Waals surface area contributed by atoms with Gasteiger partial charge in [0.15, 0.2) is 5.65 Å². The molecule has 0 saturated heterocycles. The Bertz CT molecular complexity index is 499. The molecule has 2 heterocycles. The Morgan fingerprint density at radius 2 is 2.11 bits per heavy atom. The van der Waals surface area contributed by atoms with Gasteiger partial charge in [-0.2, -0.15) is 0 Å². The second-order valence-electron chi connectivity index (χ2n) is 4.44. The Balaban J connectivity index is 2.09. The first-order valence-electron chi connectivity index (χ1n) is 6.08. The standard InChI is InChI=1S/C11H17ClN6/c1-3-11(4-2,7-12)8-13-9-5-6-10-14-16-17-18(10)15-9/h5-6H,3-4,7-8H2,1-2H3,(H,13,15). The van der Waals surface area contributed by atoms with E-state index < -0.39 is 0 Å². The van der Waals surface area contributed by atoms with Gasteiger partial charge < -0.3 is 5.32 Å². The molecule has 0 fully saturated rings. The summed E-state index contributed by atoms with van der Waals surface area (Å²) >= 11 is 6.07. The highest BCUT2D eigenvalue weighted by atomic mass is 35.5. The molecular formula is C11H17ClN6. The first-order valence-corrected chi connectivity index (χ1v) is 6.62. The van der Waals surface area contributed by atoms with Crippen LogP contribution in [0.25, 0.3) is 5.65 Å². The average molecular weight is 269 g/mol. The lowest BCUT2D eigenvalue weighted by Gasteiger charge is -2.29. The molecule has 0 aliphatic rings. The van der Waals surface area contributed by atoms with Crippen molar-refractivity contribution < 1.29 is 0 Å². The van der Waals surface area contributed by atoms with Crippen LogP contribution in [0.5, 0.6) is 0 Å². The predicted molar refractivity (Wildman–Crippen MR) is 70.8 cm³/mol. The summed E-state index contributed by atoms with van der Waals surface area (Å²) < 4.78 is 1.41. The smallest absolute Gasteiger partial charge is 0.200 e. The highest BCUT2D eigenvalue weighted by Gasteiger charge is 2.24. The maximum Gasteiger partial charge on any atom is 0.200 e. The van der Waals surface area contributed by atoms with Crippen molar-refractivity contribution in [2.75, 3.05) is 17.7 Å². The van der Waals surface area contributed by atoms with E-state index >= 15 is 0 Å². The number of hydrogen-bond donors (Lipinski definition) is 1. The summed E-state index contributed by atoms with van der Waals surface area (Å²) in [4.78, 5) is 0.